The maximum atomic E-state index is 3.44. The highest BCUT2D eigenvalue weighted by Crippen LogP contribution is 2.16. The Kier molecular flexibility index (Phi) is 3.83. The fourth-order valence-electron chi connectivity index (χ4n) is 1.87. The van der Waals surface area contributed by atoms with Crippen molar-refractivity contribution in [1.29, 1.82) is 0 Å². The van der Waals surface area contributed by atoms with Gasteiger partial charge in [-0.1, -0.05) is 48.6 Å². The maximum absolute atomic E-state index is 3.44. The average Bonchev–Trinajstić information content (AvgIpc) is 2.33. The standard InChI is InChI=1S/C17H21N/c1-17(2,3)18-12-6-7-14-10-11-15-8-4-5-9-16(15)13-14/h4-11,13,18H,12H2,1-3H3. The molecular weight excluding hydrogens is 218 g/mol. The summed E-state index contributed by atoms with van der Waals surface area (Å²) in [6.07, 6.45) is 4.35. The molecule has 94 valence electrons. The maximum Gasteiger partial charge on any atom is 0.0143 e. The molecule has 0 aromatic heterocycles. The molecule has 0 bridgehead atoms. The van der Waals surface area contributed by atoms with Gasteiger partial charge >= 0.3 is 0 Å². The Labute approximate surface area is 110 Å². The van der Waals surface area contributed by atoms with Gasteiger partial charge in [0.1, 0.15) is 0 Å². The largest absolute Gasteiger partial charge is 0.309 e. The Bertz CT molecular complexity index is 547. The van der Waals surface area contributed by atoms with Gasteiger partial charge in [-0.15, -0.1) is 0 Å². The van der Waals surface area contributed by atoms with Crippen molar-refractivity contribution in [2.45, 2.75) is 26.3 Å². The van der Waals surface area contributed by atoms with Gasteiger partial charge in [0.05, 0.1) is 0 Å². The molecule has 1 heteroatoms. The van der Waals surface area contributed by atoms with Crippen LogP contribution < -0.4 is 5.32 Å². The van der Waals surface area contributed by atoms with E-state index in [1.807, 2.05) is 0 Å². The summed E-state index contributed by atoms with van der Waals surface area (Å²) in [5.41, 5.74) is 1.43. The quantitative estimate of drug-likeness (QED) is 0.844. The van der Waals surface area contributed by atoms with Gasteiger partial charge in [-0.2, -0.15) is 0 Å². The third kappa shape index (κ3) is 3.71. The Hall–Kier alpha value is -1.60. The predicted octanol–water partition coefficient (Wildman–Crippen LogP) is 4.24. The zero-order valence-electron chi connectivity index (χ0n) is 11.4. The Morgan fingerprint density at radius 1 is 1.00 bits per heavy atom. The summed E-state index contributed by atoms with van der Waals surface area (Å²) >= 11 is 0. The van der Waals surface area contributed by atoms with Crippen molar-refractivity contribution >= 4 is 16.8 Å². The van der Waals surface area contributed by atoms with E-state index in [1.54, 1.807) is 0 Å². The van der Waals surface area contributed by atoms with Gasteiger partial charge in [-0.25, -0.2) is 0 Å². The van der Waals surface area contributed by atoms with Crippen LogP contribution in [0.2, 0.25) is 0 Å². The molecule has 1 N–H and O–H groups in total. The summed E-state index contributed by atoms with van der Waals surface area (Å²) in [4.78, 5) is 0. The first-order valence-electron chi connectivity index (χ1n) is 6.45. The van der Waals surface area contributed by atoms with Crippen LogP contribution in [0.3, 0.4) is 0 Å². The van der Waals surface area contributed by atoms with Gasteiger partial charge in [0.15, 0.2) is 0 Å². The van der Waals surface area contributed by atoms with Crippen LogP contribution >= 0.6 is 0 Å². The number of hydrogen-bond donors (Lipinski definition) is 1. The van der Waals surface area contributed by atoms with Gasteiger partial charge < -0.3 is 5.32 Å². The molecule has 0 unspecified atom stereocenters. The van der Waals surface area contributed by atoms with Gasteiger partial charge in [0.2, 0.25) is 0 Å². The summed E-state index contributed by atoms with van der Waals surface area (Å²) in [5, 5.41) is 6.03. The fraction of sp³-hybridized carbons (Fsp3) is 0.294. The van der Waals surface area contributed by atoms with Crippen LogP contribution in [0, 0.1) is 0 Å². The van der Waals surface area contributed by atoms with E-state index < -0.39 is 0 Å². The highest BCUT2D eigenvalue weighted by molar-refractivity contribution is 5.84. The van der Waals surface area contributed by atoms with E-state index >= 15 is 0 Å². The average molecular weight is 239 g/mol. The van der Waals surface area contributed by atoms with Crippen molar-refractivity contribution in [3.8, 4) is 0 Å². The highest BCUT2D eigenvalue weighted by Gasteiger charge is 2.05. The van der Waals surface area contributed by atoms with Crippen LogP contribution in [0.4, 0.5) is 0 Å². The third-order valence-corrected chi connectivity index (χ3v) is 2.83. The Morgan fingerprint density at radius 2 is 1.72 bits per heavy atom. The summed E-state index contributed by atoms with van der Waals surface area (Å²) in [6, 6.07) is 15.0. The Morgan fingerprint density at radius 3 is 2.44 bits per heavy atom. The fourth-order valence-corrected chi connectivity index (χ4v) is 1.87. The minimum Gasteiger partial charge on any atom is -0.309 e. The van der Waals surface area contributed by atoms with Crippen LogP contribution in [0.25, 0.3) is 16.8 Å². The number of benzene rings is 2. The molecule has 1 nitrogen and oxygen atoms in total. The number of hydrogen-bond acceptors (Lipinski definition) is 1. The van der Waals surface area contributed by atoms with Gasteiger partial charge in [-0.05, 0) is 43.2 Å². The lowest BCUT2D eigenvalue weighted by molar-refractivity contribution is 0.450. The molecule has 2 rings (SSSR count). The summed E-state index contributed by atoms with van der Waals surface area (Å²) < 4.78 is 0. The van der Waals surface area contributed by atoms with Crippen molar-refractivity contribution in [2.75, 3.05) is 6.54 Å². The van der Waals surface area contributed by atoms with Gasteiger partial charge in [0, 0.05) is 12.1 Å². The lowest BCUT2D eigenvalue weighted by Crippen LogP contribution is -2.35. The number of nitrogens with one attached hydrogen (secondary N) is 1. The summed E-state index contributed by atoms with van der Waals surface area (Å²) in [6.45, 7) is 7.43. The monoisotopic (exact) mass is 239 g/mol. The van der Waals surface area contributed by atoms with E-state index in [-0.39, 0.29) is 5.54 Å². The van der Waals surface area contributed by atoms with Gasteiger partial charge in [0.25, 0.3) is 0 Å². The van der Waals surface area contributed by atoms with Crippen molar-refractivity contribution in [2.24, 2.45) is 0 Å². The third-order valence-electron chi connectivity index (χ3n) is 2.83. The topological polar surface area (TPSA) is 12.0 Å². The Balaban J connectivity index is 2.05. The van der Waals surface area contributed by atoms with Crippen LogP contribution in [0.15, 0.2) is 48.5 Å². The van der Waals surface area contributed by atoms with Crippen molar-refractivity contribution < 1.29 is 0 Å². The molecule has 0 spiro atoms. The second-order valence-electron chi connectivity index (χ2n) is 5.64. The minimum absolute atomic E-state index is 0.174. The molecule has 0 radical (unpaired) electrons. The van der Waals surface area contributed by atoms with Crippen LogP contribution in [-0.4, -0.2) is 12.1 Å². The number of fused-ring (bicyclic) bond motifs is 1. The second kappa shape index (κ2) is 5.36. The van der Waals surface area contributed by atoms with E-state index in [1.165, 1.54) is 16.3 Å². The molecular formula is C17H21N. The van der Waals surface area contributed by atoms with Crippen molar-refractivity contribution in [1.82, 2.24) is 5.32 Å². The molecule has 0 saturated carbocycles. The lowest BCUT2D eigenvalue weighted by atomic mass is 10.1. The molecule has 18 heavy (non-hydrogen) atoms. The first-order chi connectivity index (χ1) is 8.54. The molecule has 0 fully saturated rings. The van der Waals surface area contributed by atoms with E-state index in [4.69, 9.17) is 0 Å². The van der Waals surface area contributed by atoms with Crippen LogP contribution in [0.1, 0.15) is 26.3 Å². The molecule has 0 aliphatic rings. The molecule has 0 saturated heterocycles. The van der Waals surface area contributed by atoms with Crippen molar-refractivity contribution in [3.63, 3.8) is 0 Å². The lowest BCUT2D eigenvalue weighted by Gasteiger charge is -2.18. The number of rotatable bonds is 3. The predicted molar refractivity (Wildman–Crippen MR) is 80.7 cm³/mol. The van der Waals surface area contributed by atoms with Crippen LogP contribution in [0.5, 0.6) is 0 Å². The van der Waals surface area contributed by atoms with E-state index in [0.717, 1.165) is 6.54 Å². The molecule has 0 amide bonds. The van der Waals surface area contributed by atoms with Crippen molar-refractivity contribution in [3.05, 3.63) is 54.1 Å². The highest BCUT2D eigenvalue weighted by atomic mass is 14.9. The minimum atomic E-state index is 0.174. The molecule has 0 atom stereocenters. The van der Waals surface area contributed by atoms with Crippen LogP contribution in [-0.2, 0) is 0 Å². The molecule has 2 aromatic rings. The SMILES string of the molecule is CC(C)(C)NCC=Cc1ccc2ccccc2c1. The van der Waals surface area contributed by atoms with E-state index in [9.17, 15) is 0 Å². The zero-order valence-corrected chi connectivity index (χ0v) is 11.4. The molecule has 2 aromatic carbocycles. The second-order valence-corrected chi connectivity index (χ2v) is 5.64. The summed E-state index contributed by atoms with van der Waals surface area (Å²) in [5.74, 6) is 0. The molecule has 0 heterocycles. The first kappa shape index (κ1) is 12.8. The van der Waals surface area contributed by atoms with Gasteiger partial charge in [-0.3, -0.25) is 0 Å². The van der Waals surface area contributed by atoms with E-state index in [2.05, 4.69) is 80.7 Å². The zero-order chi connectivity index (χ0) is 13.0. The molecule has 0 aliphatic heterocycles. The molecule has 0 aliphatic carbocycles. The normalized spacial score (nSPS) is 12.4. The first-order valence-corrected chi connectivity index (χ1v) is 6.45. The smallest absolute Gasteiger partial charge is 0.0143 e. The summed E-state index contributed by atoms with van der Waals surface area (Å²) in [7, 11) is 0. The van der Waals surface area contributed by atoms with E-state index in [0.29, 0.717) is 0 Å².